The number of ether oxygens (including phenoxy) is 1. The summed E-state index contributed by atoms with van der Waals surface area (Å²) in [6, 6.07) is 8.13. The number of thiophene rings is 1. The molecule has 22 heavy (non-hydrogen) atoms. The molecule has 0 saturated carbocycles. The average molecular weight is 378 g/mol. The number of hydrogen-bond donors (Lipinski definition) is 1. The fourth-order valence-electron chi connectivity index (χ4n) is 2.29. The van der Waals surface area contributed by atoms with Gasteiger partial charge in [-0.3, -0.25) is 0 Å². The highest BCUT2D eigenvalue weighted by Crippen LogP contribution is 2.31. The van der Waals surface area contributed by atoms with E-state index in [-0.39, 0.29) is 6.04 Å². The number of fused-ring (bicyclic) bond motifs is 1. The normalized spacial score (nSPS) is 12.4. The van der Waals surface area contributed by atoms with Crippen LogP contribution in [0.2, 0.25) is 0 Å². The molecule has 0 saturated heterocycles. The van der Waals surface area contributed by atoms with Crippen LogP contribution < -0.4 is 10.1 Å². The van der Waals surface area contributed by atoms with Crippen molar-refractivity contribution < 1.29 is 4.74 Å². The van der Waals surface area contributed by atoms with Crippen molar-refractivity contribution >= 4 is 44.0 Å². The zero-order chi connectivity index (χ0) is 15.7. The number of benzene rings is 1. The van der Waals surface area contributed by atoms with Gasteiger partial charge in [-0.25, -0.2) is 9.97 Å². The molecule has 1 unspecified atom stereocenters. The molecule has 0 amide bonds. The van der Waals surface area contributed by atoms with Crippen molar-refractivity contribution in [3.8, 4) is 5.75 Å². The van der Waals surface area contributed by atoms with Crippen molar-refractivity contribution in [3.63, 3.8) is 0 Å². The van der Waals surface area contributed by atoms with Crippen LogP contribution in [0.3, 0.4) is 0 Å². The van der Waals surface area contributed by atoms with Crippen molar-refractivity contribution in [2.24, 2.45) is 0 Å². The number of rotatable bonds is 4. The van der Waals surface area contributed by atoms with Gasteiger partial charge >= 0.3 is 0 Å². The molecule has 0 aliphatic heterocycles. The van der Waals surface area contributed by atoms with E-state index in [1.54, 1.807) is 18.4 Å². The smallest absolute Gasteiger partial charge is 0.138 e. The van der Waals surface area contributed by atoms with Crippen LogP contribution in [0.5, 0.6) is 5.75 Å². The van der Waals surface area contributed by atoms with Gasteiger partial charge in [0.2, 0.25) is 0 Å². The third-order valence-corrected chi connectivity index (χ3v) is 5.26. The van der Waals surface area contributed by atoms with Gasteiger partial charge in [0.15, 0.2) is 0 Å². The number of aryl methyl sites for hydroxylation is 1. The molecule has 114 valence electrons. The van der Waals surface area contributed by atoms with Gasteiger partial charge in [0.05, 0.1) is 18.7 Å². The van der Waals surface area contributed by atoms with E-state index in [0.717, 1.165) is 32.8 Å². The second kappa shape index (κ2) is 6.22. The maximum Gasteiger partial charge on any atom is 0.138 e. The highest BCUT2D eigenvalue weighted by molar-refractivity contribution is 9.10. The molecule has 0 bridgehead atoms. The summed E-state index contributed by atoms with van der Waals surface area (Å²) in [5, 5.41) is 6.54. The molecule has 0 spiro atoms. The lowest BCUT2D eigenvalue weighted by atomic mass is 10.2. The molecule has 0 aliphatic rings. The summed E-state index contributed by atoms with van der Waals surface area (Å²) in [4.78, 5) is 10.3. The standard InChI is InChI=1S/C16H16BrN3OS/c1-9(15-6-11(17)8-22-15)18-16-13-7-12(21-3)4-5-14(13)19-10(2)20-16/h4-9H,1-3H3,(H,18,19,20). The number of anilines is 1. The minimum Gasteiger partial charge on any atom is -0.497 e. The van der Waals surface area contributed by atoms with E-state index in [1.807, 2.05) is 25.1 Å². The van der Waals surface area contributed by atoms with E-state index in [0.29, 0.717) is 0 Å². The van der Waals surface area contributed by atoms with Crippen LogP contribution in [-0.4, -0.2) is 17.1 Å². The van der Waals surface area contributed by atoms with E-state index >= 15 is 0 Å². The first-order valence-corrected chi connectivity index (χ1v) is 8.57. The second-order valence-corrected chi connectivity index (χ2v) is 6.89. The van der Waals surface area contributed by atoms with E-state index < -0.39 is 0 Å². The molecular weight excluding hydrogens is 362 g/mol. The zero-order valence-corrected chi connectivity index (χ0v) is 15.0. The maximum atomic E-state index is 5.31. The van der Waals surface area contributed by atoms with Crippen molar-refractivity contribution in [3.05, 3.63) is 44.8 Å². The Labute approximate surface area is 141 Å². The summed E-state index contributed by atoms with van der Waals surface area (Å²) in [6.07, 6.45) is 0. The van der Waals surface area contributed by atoms with Gasteiger partial charge in [-0.2, -0.15) is 0 Å². The zero-order valence-electron chi connectivity index (χ0n) is 12.6. The first-order valence-electron chi connectivity index (χ1n) is 6.89. The van der Waals surface area contributed by atoms with Gasteiger partial charge in [0.1, 0.15) is 17.4 Å². The number of halogens is 1. The van der Waals surface area contributed by atoms with Crippen LogP contribution in [0.25, 0.3) is 10.9 Å². The largest absolute Gasteiger partial charge is 0.497 e. The molecule has 1 N–H and O–H groups in total. The Morgan fingerprint density at radius 1 is 1.27 bits per heavy atom. The lowest BCUT2D eigenvalue weighted by Gasteiger charge is -2.15. The fraction of sp³-hybridized carbons (Fsp3) is 0.250. The summed E-state index contributed by atoms with van der Waals surface area (Å²) in [6.45, 7) is 4.03. The van der Waals surface area contributed by atoms with Gasteiger partial charge in [-0.15, -0.1) is 11.3 Å². The highest BCUT2D eigenvalue weighted by Gasteiger charge is 2.13. The molecule has 0 radical (unpaired) electrons. The molecule has 4 nitrogen and oxygen atoms in total. The Morgan fingerprint density at radius 2 is 2.09 bits per heavy atom. The predicted molar refractivity (Wildman–Crippen MR) is 94.9 cm³/mol. The van der Waals surface area contributed by atoms with Gasteiger partial charge in [-0.05, 0) is 54.0 Å². The Morgan fingerprint density at radius 3 is 2.77 bits per heavy atom. The lowest BCUT2D eigenvalue weighted by Crippen LogP contribution is -2.08. The van der Waals surface area contributed by atoms with Crippen molar-refractivity contribution in [1.29, 1.82) is 0 Å². The summed E-state index contributed by atoms with van der Waals surface area (Å²) in [7, 11) is 1.66. The summed E-state index contributed by atoms with van der Waals surface area (Å²) in [5.41, 5.74) is 0.912. The molecule has 3 rings (SSSR count). The molecule has 0 aliphatic carbocycles. The summed E-state index contributed by atoms with van der Waals surface area (Å²) < 4.78 is 6.42. The lowest BCUT2D eigenvalue weighted by molar-refractivity contribution is 0.415. The van der Waals surface area contributed by atoms with Crippen LogP contribution in [-0.2, 0) is 0 Å². The van der Waals surface area contributed by atoms with Crippen LogP contribution in [0, 0.1) is 6.92 Å². The average Bonchev–Trinajstić information content (AvgIpc) is 2.93. The number of methoxy groups -OCH3 is 1. The van der Waals surface area contributed by atoms with E-state index in [9.17, 15) is 0 Å². The highest BCUT2D eigenvalue weighted by atomic mass is 79.9. The van der Waals surface area contributed by atoms with E-state index in [1.165, 1.54) is 4.88 Å². The third-order valence-electron chi connectivity index (χ3n) is 3.38. The van der Waals surface area contributed by atoms with Gasteiger partial charge in [0, 0.05) is 20.1 Å². The van der Waals surface area contributed by atoms with Gasteiger partial charge < -0.3 is 10.1 Å². The SMILES string of the molecule is COc1ccc2nc(C)nc(NC(C)c3cc(Br)cs3)c2c1. The first kappa shape index (κ1) is 15.2. The fourth-order valence-corrected chi connectivity index (χ4v) is 3.75. The molecule has 1 atom stereocenters. The van der Waals surface area contributed by atoms with E-state index in [4.69, 9.17) is 4.74 Å². The van der Waals surface area contributed by atoms with Crippen molar-refractivity contribution in [2.75, 3.05) is 12.4 Å². The Balaban J connectivity index is 2.01. The molecule has 2 heterocycles. The molecule has 1 aromatic carbocycles. The first-order chi connectivity index (χ1) is 10.6. The third kappa shape index (κ3) is 3.08. The van der Waals surface area contributed by atoms with Crippen molar-refractivity contribution in [2.45, 2.75) is 19.9 Å². The van der Waals surface area contributed by atoms with E-state index in [2.05, 4.69) is 49.6 Å². The molecular formula is C16H16BrN3OS. The Bertz CT molecular complexity index is 818. The van der Waals surface area contributed by atoms with Gasteiger partial charge in [0.25, 0.3) is 0 Å². The van der Waals surface area contributed by atoms with Crippen LogP contribution in [0.15, 0.2) is 34.1 Å². The number of hydrogen-bond acceptors (Lipinski definition) is 5. The molecule has 3 aromatic rings. The molecule has 0 fully saturated rings. The Kier molecular flexibility index (Phi) is 4.31. The van der Waals surface area contributed by atoms with Crippen LogP contribution in [0.4, 0.5) is 5.82 Å². The molecule has 6 heteroatoms. The number of nitrogens with zero attached hydrogens (tertiary/aromatic N) is 2. The summed E-state index contributed by atoms with van der Waals surface area (Å²) in [5.74, 6) is 2.38. The van der Waals surface area contributed by atoms with Crippen LogP contribution in [0.1, 0.15) is 23.7 Å². The number of aromatic nitrogens is 2. The Hall–Kier alpha value is -1.66. The van der Waals surface area contributed by atoms with Gasteiger partial charge in [-0.1, -0.05) is 0 Å². The topological polar surface area (TPSA) is 47.0 Å². The monoisotopic (exact) mass is 377 g/mol. The summed E-state index contributed by atoms with van der Waals surface area (Å²) >= 11 is 5.21. The van der Waals surface area contributed by atoms with Crippen molar-refractivity contribution in [1.82, 2.24) is 9.97 Å². The predicted octanol–water partition coefficient (Wildman–Crippen LogP) is 4.94. The van der Waals surface area contributed by atoms with Crippen LogP contribution >= 0.6 is 27.3 Å². The second-order valence-electron chi connectivity index (χ2n) is 5.04. The number of nitrogens with one attached hydrogen (secondary N) is 1. The minimum absolute atomic E-state index is 0.167. The minimum atomic E-state index is 0.167. The maximum absolute atomic E-state index is 5.31. The quantitative estimate of drug-likeness (QED) is 0.698. The molecule has 2 aromatic heterocycles.